The molecule has 0 rings (SSSR count). The lowest BCUT2D eigenvalue weighted by molar-refractivity contribution is -0.139. The molecular formula is C22H46O3Si2. The highest BCUT2D eigenvalue weighted by atomic mass is 28.4. The number of rotatable bonds is 17. The van der Waals surface area contributed by atoms with Crippen molar-refractivity contribution in [3.63, 3.8) is 0 Å². The van der Waals surface area contributed by atoms with E-state index in [4.69, 9.17) is 8.85 Å². The van der Waals surface area contributed by atoms with Gasteiger partial charge in [0.05, 0.1) is 5.92 Å². The Morgan fingerprint density at radius 2 is 1.37 bits per heavy atom. The van der Waals surface area contributed by atoms with Gasteiger partial charge in [0.15, 0.2) is 0 Å². The summed E-state index contributed by atoms with van der Waals surface area (Å²) in [5, 5.41) is 0. The maximum Gasteiger partial charge on any atom is 0.295 e. The minimum absolute atomic E-state index is 0.0289. The van der Waals surface area contributed by atoms with Gasteiger partial charge in [0.2, 0.25) is 9.76 Å². The topological polar surface area (TPSA) is 35.5 Å². The molecule has 0 aliphatic rings. The first-order valence-electron chi connectivity index (χ1n) is 11.4. The SMILES string of the molecule is CCCCCC[Si](CCCCCC)(OC(=O)C(C)C[Si]OC(C)C)C(C)C. The molecule has 1 unspecified atom stereocenters. The Morgan fingerprint density at radius 1 is 0.852 bits per heavy atom. The van der Waals surface area contributed by atoms with Gasteiger partial charge < -0.3 is 8.85 Å². The molecule has 27 heavy (non-hydrogen) atoms. The molecule has 0 N–H and O–H groups in total. The first kappa shape index (κ1) is 26.9. The van der Waals surface area contributed by atoms with Crippen molar-refractivity contribution < 1.29 is 13.6 Å². The van der Waals surface area contributed by atoms with Crippen molar-refractivity contribution >= 4 is 24.0 Å². The Kier molecular flexibility index (Phi) is 15.7. The number of hydrogen-bond donors (Lipinski definition) is 0. The van der Waals surface area contributed by atoms with Gasteiger partial charge in [0.1, 0.15) is 0 Å². The van der Waals surface area contributed by atoms with Crippen molar-refractivity contribution in [2.24, 2.45) is 5.92 Å². The standard InChI is InChI=1S/C22H46O3Si2/c1-8-10-12-14-16-27(20(5)6,17-15-13-11-9-2)25-22(23)21(7)18-26-24-19(3)4/h19-21H,8-18H2,1-7H3. The van der Waals surface area contributed by atoms with Crippen LogP contribution in [-0.4, -0.2) is 30.2 Å². The first-order valence-corrected chi connectivity index (χ1v) is 14.9. The molecule has 0 amide bonds. The number of carbonyl (C=O) groups is 1. The molecule has 160 valence electrons. The van der Waals surface area contributed by atoms with Crippen LogP contribution in [-0.2, 0) is 13.6 Å². The van der Waals surface area contributed by atoms with E-state index in [0.717, 1.165) is 18.1 Å². The van der Waals surface area contributed by atoms with E-state index >= 15 is 0 Å². The monoisotopic (exact) mass is 414 g/mol. The molecule has 0 saturated carbocycles. The Hall–Kier alpha value is -0.136. The lowest BCUT2D eigenvalue weighted by atomic mass is 10.2. The molecule has 1 atom stereocenters. The fraction of sp³-hybridized carbons (Fsp3) is 0.955. The van der Waals surface area contributed by atoms with Gasteiger partial charge in [-0.2, -0.15) is 0 Å². The highest BCUT2D eigenvalue weighted by Gasteiger charge is 2.41. The molecule has 0 heterocycles. The average molecular weight is 415 g/mol. The highest BCUT2D eigenvalue weighted by Crippen LogP contribution is 2.35. The first-order chi connectivity index (χ1) is 12.8. The van der Waals surface area contributed by atoms with Gasteiger partial charge in [-0.15, -0.1) is 0 Å². The molecule has 0 aliphatic heterocycles. The Balaban J connectivity index is 4.91. The van der Waals surface area contributed by atoms with Crippen molar-refractivity contribution in [1.29, 1.82) is 0 Å². The molecule has 3 nitrogen and oxygen atoms in total. The zero-order valence-corrected chi connectivity index (χ0v) is 21.2. The molecule has 0 aromatic heterocycles. The summed E-state index contributed by atoms with van der Waals surface area (Å²) in [5.74, 6) is -0.0276. The normalized spacial score (nSPS) is 13.4. The van der Waals surface area contributed by atoms with Gasteiger partial charge in [-0.05, 0) is 37.5 Å². The summed E-state index contributed by atoms with van der Waals surface area (Å²) < 4.78 is 12.1. The maximum absolute atomic E-state index is 12.9. The van der Waals surface area contributed by atoms with Crippen LogP contribution >= 0.6 is 0 Å². The Bertz CT molecular complexity index is 361. The predicted octanol–water partition coefficient (Wildman–Crippen LogP) is 7.14. The lowest BCUT2D eigenvalue weighted by Gasteiger charge is -2.36. The van der Waals surface area contributed by atoms with Gasteiger partial charge >= 0.3 is 0 Å². The summed E-state index contributed by atoms with van der Waals surface area (Å²) in [4.78, 5) is 12.9. The molecule has 0 bridgehead atoms. The average Bonchev–Trinajstić information content (AvgIpc) is 2.61. The van der Waals surface area contributed by atoms with Crippen LogP contribution in [0, 0.1) is 5.92 Å². The summed E-state index contributed by atoms with van der Waals surface area (Å²) in [6.07, 6.45) is 10.3. The largest absolute Gasteiger partial charge is 0.519 e. The van der Waals surface area contributed by atoms with Gasteiger partial charge in [-0.25, -0.2) is 0 Å². The summed E-state index contributed by atoms with van der Waals surface area (Å²) in [6, 6.07) is 3.06. The molecular weight excluding hydrogens is 368 g/mol. The third kappa shape index (κ3) is 12.1. The van der Waals surface area contributed by atoms with E-state index in [0.29, 0.717) is 15.3 Å². The Labute approximate surface area is 173 Å². The van der Waals surface area contributed by atoms with Crippen molar-refractivity contribution in [2.45, 2.75) is 130 Å². The van der Waals surface area contributed by atoms with Crippen LogP contribution in [0.4, 0.5) is 0 Å². The van der Waals surface area contributed by atoms with E-state index < -0.39 is 8.32 Å². The van der Waals surface area contributed by atoms with Crippen LogP contribution in [0.1, 0.15) is 99.8 Å². The molecule has 0 aromatic carbocycles. The Morgan fingerprint density at radius 3 is 1.78 bits per heavy atom. The smallest absolute Gasteiger partial charge is 0.295 e. The molecule has 0 fully saturated rings. The quantitative estimate of drug-likeness (QED) is 0.187. The zero-order chi connectivity index (χ0) is 20.7. The predicted molar refractivity (Wildman–Crippen MR) is 121 cm³/mol. The maximum atomic E-state index is 12.9. The van der Waals surface area contributed by atoms with Crippen LogP contribution in [0.3, 0.4) is 0 Å². The second kappa shape index (κ2) is 15.7. The van der Waals surface area contributed by atoms with Crippen LogP contribution in [0.15, 0.2) is 0 Å². The van der Waals surface area contributed by atoms with Crippen LogP contribution in [0.2, 0.25) is 23.7 Å². The van der Waals surface area contributed by atoms with Gasteiger partial charge in [0.25, 0.3) is 14.3 Å². The minimum Gasteiger partial charge on any atom is -0.519 e. The van der Waals surface area contributed by atoms with E-state index in [2.05, 4.69) is 27.7 Å². The lowest BCUT2D eigenvalue weighted by Crippen LogP contribution is -2.44. The van der Waals surface area contributed by atoms with Crippen molar-refractivity contribution in [3.8, 4) is 0 Å². The van der Waals surface area contributed by atoms with Gasteiger partial charge in [0, 0.05) is 6.10 Å². The van der Waals surface area contributed by atoms with Crippen LogP contribution in [0.5, 0.6) is 0 Å². The van der Waals surface area contributed by atoms with Crippen molar-refractivity contribution in [3.05, 3.63) is 0 Å². The van der Waals surface area contributed by atoms with E-state index in [1.165, 1.54) is 51.4 Å². The van der Waals surface area contributed by atoms with Crippen molar-refractivity contribution in [1.82, 2.24) is 0 Å². The van der Waals surface area contributed by atoms with E-state index in [1.54, 1.807) is 0 Å². The van der Waals surface area contributed by atoms with E-state index in [1.807, 2.05) is 20.8 Å². The third-order valence-electron chi connectivity index (χ3n) is 5.37. The molecule has 2 radical (unpaired) electrons. The number of unbranched alkanes of at least 4 members (excludes halogenated alkanes) is 6. The van der Waals surface area contributed by atoms with Crippen LogP contribution in [0.25, 0.3) is 0 Å². The molecule has 5 heteroatoms. The molecule has 0 spiro atoms. The molecule has 0 aromatic rings. The third-order valence-corrected chi connectivity index (χ3v) is 11.9. The summed E-state index contributed by atoms with van der Waals surface area (Å²) in [6.45, 7) is 15.2. The zero-order valence-electron chi connectivity index (χ0n) is 19.2. The van der Waals surface area contributed by atoms with Gasteiger partial charge in [-0.1, -0.05) is 86.0 Å². The fourth-order valence-electron chi connectivity index (χ4n) is 3.35. The summed E-state index contributed by atoms with van der Waals surface area (Å²) in [7, 11) is -1.66. The fourth-order valence-corrected chi connectivity index (χ4v) is 8.34. The molecule has 0 saturated heterocycles. The van der Waals surface area contributed by atoms with E-state index in [9.17, 15) is 4.79 Å². The van der Waals surface area contributed by atoms with Gasteiger partial charge in [-0.3, -0.25) is 4.79 Å². The van der Waals surface area contributed by atoms with E-state index in [-0.39, 0.29) is 18.0 Å². The second-order valence-electron chi connectivity index (χ2n) is 8.68. The second-order valence-corrected chi connectivity index (χ2v) is 14.1. The van der Waals surface area contributed by atoms with Crippen molar-refractivity contribution in [2.75, 3.05) is 0 Å². The molecule has 0 aliphatic carbocycles. The number of hydrogen-bond acceptors (Lipinski definition) is 3. The highest BCUT2D eigenvalue weighted by molar-refractivity contribution is 6.76. The number of carbonyl (C=O) groups excluding carboxylic acids is 1. The summed E-state index contributed by atoms with van der Waals surface area (Å²) >= 11 is 0. The minimum atomic E-state index is -2.05. The van der Waals surface area contributed by atoms with Crippen LogP contribution < -0.4 is 0 Å². The summed E-state index contributed by atoms with van der Waals surface area (Å²) in [5.41, 5.74) is 0.492.